The number of anilines is 2. The molecule has 0 radical (unpaired) electrons. The normalized spacial score (nSPS) is 19.9. The van der Waals surface area contributed by atoms with Gasteiger partial charge in [-0.15, -0.1) is 0 Å². The zero-order valence-corrected chi connectivity index (χ0v) is 26.2. The lowest BCUT2D eigenvalue weighted by Crippen LogP contribution is -2.41. The first-order valence-electron chi connectivity index (χ1n) is 14.4. The highest BCUT2D eigenvalue weighted by molar-refractivity contribution is 7.89. The number of rotatable bonds is 10. The van der Waals surface area contributed by atoms with Gasteiger partial charge in [0.2, 0.25) is 21.8 Å². The van der Waals surface area contributed by atoms with Crippen molar-refractivity contribution in [3.05, 3.63) is 35.9 Å². The van der Waals surface area contributed by atoms with Crippen molar-refractivity contribution >= 4 is 54.5 Å². The van der Waals surface area contributed by atoms with Crippen molar-refractivity contribution in [3.63, 3.8) is 0 Å². The van der Waals surface area contributed by atoms with E-state index in [0.29, 0.717) is 85.1 Å². The van der Waals surface area contributed by atoms with Gasteiger partial charge in [0.1, 0.15) is 10.3 Å². The van der Waals surface area contributed by atoms with Crippen LogP contribution < -0.4 is 15.0 Å². The number of carbonyl (C=O) groups is 2. The van der Waals surface area contributed by atoms with E-state index in [1.54, 1.807) is 51.5 Å². The Bertz CT molecular complexity index is 1660. The first-order chi connectivity index (χ1) is 20.6. The Morgan fingerprint density at radius 3 is 2.67 bits per heavy atom. The van der Waals surface area contributed by atoms with Crippen LogP contribution in [0.2, 0.25) is 0 Å². The Kier molecular flexibility index (Phi) is 8.05. The number of benzene rings is 1. The zero-order chi connectivity index (χ0) is 30.4. The number of nitrogens with zero attached hydrogens (tertiary/aromatic N) is 5. The fourth-order valence-corrected chi connectivity index (χ4v) is 8.44. The molecular formula is C29H36N6O6S2. The van der Waals surface area contributed by atoms with Crippen LogP contribution in [0.15, 0.2) is 35.2 Å². The number of aromatic nitrogens is 2. The molecule has 3 amide bonds. The van der Waals surface area contributed by atoms with E-state index in [-0.39, 0.29) is 16.8 Å². The van der Waals surface area contributed by atoms with Crippen molar-refractivity contribution in [3.8, 4) is 5.88 Å². The minimum atomic E-state index is -3.79. The number of likely N-dealkylation sites (tertiary alicyclic amines) is 1. The number of nitrogens with one attached hydrogen (secondary N) is 1. The predicted molar refractivity (Wildman–Crippen MR) is 163 cm³/mol. The van der Waals surface area contributed by atoms with E-state index in [1.807, 2.05) is 0 Å². The number of pyridine rings is 1. The Morgan fingerprint density at radius 1 is 1.16 bits per heavy atom. The number of ether oxygens (including phenoxy) is 2. The zero-order valence-electron chi connectivity index (χ0n) is 24.5. The summed E-state index contributed by atoms with van der Waals surface area (Å²) in [6, 6.07) is 8.16. The van der Waals surface area contributed by atoms with Crippen LogP contribution >= 0.6 is 11.3 Å². The molecule has 1 atom stereocenters. The quantitative estimate of drug-likeness (QED) is 0.336. The molecule has 1 aliphatic carbocycles. The molecule has 2 fully saturated rings. The SMILES string of the molecule is COCCCN(CC1CC1)S(=O)(=O)c1ccc2c(c1)C1(CCN(C(C)=O)C1)CN2C(=O)Nc1nc2ccc(OC)nc2s1. The third kappa shape index (κ3) is 5.80. The highest BCUT2D eigenvalue weighted by Gasteiger charge is 2.50. The van der Waals surface area contributed by atoms with E-state index < -0.39 is 15.4 Å². The molecule has 1 saturated heterocycles. The van der Waals surface area contributed by atoms with Crippen molar-refractivity contribution in [2.75, 3.05) is 63.8 Å². The second kappa shape index (κ2) is 11.6. The van der Waals surface area contributed by atoms with Crippen LogP contribution in [0.5, 0.6) is 5.88 Å². The molecule has 43 heavy (non-hydrogen) atoms. The van der Waals surface area contributed by atoms with E-state index in [2.05, 4.69) is 15.3 Å². The minimum absolute atomic E-state index is 0.0451. The predicted octanol–water partition coefficient (Wildman–Crippen LogP) is 3.68. The summed E-state index contributed by atoms with van der Waals surface area (Å²) < 4.78 is 39.9. The molecule has 0 bridgehead atoms. The van der Waals surface area contributed by atoms with Gasteiger partial charge in [-0.25, -0.2) is 23.2 Å². The molecule has 3 aromatic rings. The van der Waals surface area contributed by atoms with Gasteiger partial charge in [-0.1, -0.05) is 11.3 Å². The summed E-state index contributed by atoms with van der Waals surface area (Å²) >= 11 is 1.24. The largest absolute Gasteiger partial charge is 0.481 e. The second-order valence-corrected chi connectivity index (χ2v) is 14.4. The second-order valence-electron chi connectivity index (χ2n) is 11.5. The minimum Gasteiger partial charge on any atom is -0.481 e. The highest BCUT2D eigenvalue weighted by atomic mass is 32.2. The molecule has 6 rings (SSSR count). The van der Waals surface area contributed by atoms with Crippen molar-refractivity contribution in [2.24, 2.45) is 5.92 Å². The van der Waals surface area contributed by atoms with Gasteiger partial charge in [0, 0.05) is 70.5 Å². The maximum atomic E-state index is 14.0. The molecule has 12 nitrogen and oxygen atoms in total. The standard InChI is InChI=1S/C29H36N6O6S2/c1-19(36)33-13-11-29(17-33)18-35(28(37)32-27-30-23-8-10-25(41-3)31-26(23)42-27)24-9-7-21(15-22(24)29)43(38,39)34(12-4-14-40-2)16-20-5-6-20/h7-10,15,20H,4-6,11-14,16-18H2,1-3H3,(H,30,32,37). The molecule has 1 spiro atoms. The average molecular weight is 629 g/mol. The lowest BCUT2D eigenvalue weighted by atomic mass is 9.81. The number of hydrogen-bond acceptors (Lipinski definition) is 9. The highest BCUT2D eigenvalue weighted by Crippen LogP contribution is 2.48. The smallest absolute Gasteiger partial charge is 0.328 e. The fraction of sp³-hybridized carbons (Fsp3) is 0.517. The lowest BCUT2D eigenvalue weighted by molar-refractivity contribution is -0.127. The van der Waals surface area contributed by atoms with Gasteiger partial charge < -0.3 is 14.4 Å². The number of hydrogen-bond donors (Lipinski definition) is 1. The molecule has 1 saturated carbocycles. The van der Waals surface area contributed by atoms with Gasteiger partial charge in [-0.2, -0.15) is 4.31 Å². The number of methoxy groups -OCH3 is 2. The fourth-order valence-electron chi connectivity index (χ4n) is 6.04. The van der Waals surface area contributed by atoms with Crippen molar-refractivity contribution in [1.82, 2.24) is 19.2 Å². The summed E-state index contributed by atoms with van der Waals surface area (Å²) in [5.41, 5.74) is 1.47. The van der Waals surface area contributed by atoms with E-state index in [4.69, 9.17) is 9.47 Å². The number of urea groups is 1. The Morgan fingerprint density at radius 2 is 1.98 bits per heavy atom. The van der Waals surface area contributed by atoms with Crippen LogP contribution in [0.3, 0.4) is 0 Å². The van der Waals surface area contributed by atoms with E-state index in [0.717, 1.165) is 18.4 Å². The molecule has 2 aliphatic heterocycles. The summed E-state index contributed by atoms with van der Waals surface area (Å²) in [7, 11) is -0.640. The third-order valence-electron chi connectivity index (χ3n) is 8.54. The van der Waals surface area contributed by atoms with Gasteiger partial charge in [0.15, 0.2) is 5.13 Å². The van der Waals surface area contributed by atoms with Crippen molar-refractivity contribution < 1.29 is 27.5 Å². The summed E-state index contributed by atoms with van der Waals surface area (Å²) in [5, 5.41) is 3.30. The summed E-state index contributed by atoms with van der Waals surface area (Å²) in [6.45, 7) is 4.15. The number of fused-ring (bicyclic) bond motifs is 3. The molecule has 4 heterocycles. The van der Waals surface area contributed by atoms with Crippen LogP contribution in [0.4, 0.5) is 15.6 Å². The molecule has 1 unspecified atom stereocenters. The van der Waals surface area contributed by atoms with Crippen LogP contribution in [-0.4, -0.2) is 93.1 Å². The molecular weight excluding hydrogens is 592 g/mol. The van der Waals surface area contributed by atoms with Crippen LogP contribution in [-0.2, 0) is 25.0 Å². The van der Waals surface area contributed by atoms with Gasteiger partial charge >= 0.3 is 6.03 Å². The monoisotopic (exact) mass is 628 g/mol. The number of amides is 3. The Balaban J connectivity index is 1.32. The molecule has 1 aromatic carbocycles. The maximum absolute atomic E-state index is 14.0. The van der Waals surface area contributed by atoms with E-state index in [9.17, 15) is 18.0 Å². The third-order valence-corrected chi connectivity index (χ3v) is 11.3. The van der Waals surface area contributed by atoms with Crippen LogP contribution in [0.1, 0.15) is 38.2 Å². The van der Waals surface area contributed by atoms with Crippen LogP contribution in [0, 0.1) is 5.92 Å². The first kappa shape index (κ1) is 29.7. The summed E-state index contributed by atoms with van der Waals surface area (Å²) in [5.74, 6) is 0.798. The molecule has 2 aromatic heterocycles. The lowest BCUT2D eigenvalue weighted by Gasteiger charge is -2.26. The van der Waals surface area contributed by atoms with Crippen LogP contribution in [0.25, 0.3) is 10.3 Å². The molecule has 1 N–H and O–H groups in total. The summed E-state index contributed by atoms with van der Waals surface area (Å²) in [4.78, 5) is 39.2. The number of thiazole rings is 1. The molecule has 230 valence electrons. The van der Waals surface area contributed by atoms with Gasteiger partial charge in [-0.3, -0.25) is 15.0 Å². The van der Waals surface area contributed by atoms with Gasteiger partial charge in [0.25, 0.3) is 0 Å². The average Bonchev–Trinajstić information content (AvgIpc) is 3.42. The summed E-state index contributed by atoms with van der Waals surface area (Å²) in [6.07, 6.45) is 3.30. The van der Waals surface area contributed by atoms with Crippen molar-refractivity contribution in [2.45, 2.75) is 42.9 Å². The number of sulfonamides is 1. The Hall–Kier alpha value is -3.33. The topological polar surface area (TPSA) is 134 Å². The van der Waals surface area contributed by atoms with E-state index in [1.165, 1.54) is 25.4 Å². The van der Waals surface area contributed by atoms with E-state index >= 15 is 0 Å². The van der Waals surface area contributed by atoms with Crippen molar-refractivity contribution in [1.29, 1.82) is 0 Å². The van der Waals surface area contributed by atoms with Gasteiger partial charge in [-0.05, 0) is 61.4 Å². The number of carbonyl (C=O) groups excluding carboxylic acids is 2. The van der Waals surface area contributed by atoms with Gasteiger partial charge in [0.05, 0.1) is 12.0 Å². The Labute approximate surface area is 255 Å². The maximum Gasteiger partial charge on any atom is 0.328 e. The molecule has 3 aliphatic rings. The molecule has 14 heteroatoms. The first-order valence-corrected chi connectivity index (χ1v) is 16.7.